The van der Waals surface area contributed by atoms with Crippen LogP contribution in [0.15, 0.2) is 12.3 Å². The smallest absolute Gasteiger partial charge is 0.331 e. The van der Waals surface area contributed by atoms with Gasteiger partial charge in [0.25, 0.3) is 0 Å². The van der Waals surface area contributed by atoms with Crippen LogP contribution in [-0.2, 0) is 9.53 Å². The molecule has 0 heterocycles. The Morgan fingerprint density at radius 2 is 2.13 bits per heavy atom. The number of carbonyl (C=O) groups excluding carboxylic acids is 1. The minimum atomic E-state index is -0.301. The van der Waals surface area contributed by atoms with E-state index in [1.54, 1.807) is 6.20 Å². The summed E-state index contributed by atoms with van der Waals surface area (Å²) in [4.78, 5) is 10.8. The quantitative estimate of drug-likeness (QED) is 0.442. The SMILES string of the molecule is COC(=O)/C=C/NC1CCCC(C)CC1. The molecule has 0 aromatic heterocycles. The maximum Gasteiger partial charge on any atom is 0.331 e. The molecule has 15 heavy (non-hydrogen) atoms. The molecular weight excluding hydrogens is 190 g/mol. The molecule has 1 aliphatic carbocycles. The molecule has 1 saturated carbocycles. The lowest BCUT2D eigenvalue weighted by atomic mass is 10.0. The average Bonchev–Trinajstić information content (AvgIpc) is 2.43. The van der Waals surface area contributed by atoms with Crippen LogP contribution in [0.2, 0.25) is 0 Å². The topological polar surface area (TPSA) is 38.3 Å². The lowest BCUT2D eigenvalue weighted by Crippen LogP contribution is -2.23. The van der Waals surface area contributed by atoms with Gasteiger partial charge in [-0.2, -0.15) is 0 Å². The maximum absolute atomic E-state index is 10.8. The molecule has 2 atom stereocenters. The van der Waals surface area contributed by atoms with Crippen LogP contribution < -0.4 is 5.32 Å². The van der Waals surface area contributed by atoms with Crippen molar-refractivity contribution in [2.45, 2.75) is 45.1 Å². The third-order valence-electron chi connectivity index (χ3n) is 3.01. The second-order valence-corrected chi connectivity index (χ2v) is 4.33. The Labute approximate surface area is 91.9 Å². The van der Waals surface area contributed by atoms with Crippen LogP contribution in [0.3, 0.4) is 0 Å². The van der Waals surface area contributed by atoms with Crippen molar-refractivity contribution >= 4 is 5.97 Å². The molecule has 3 nitrogen and oxygen atoms in total. The molecule has 1 N–H and O–H groups in total. The molecule has 0 saturated heterocycles. The van der Waals surface area contributed by atoms with E-state index in [1.165, 1.54) is 45.3 Å². The molecule has 0 bridgehead atoms. The van der Waals surface area contributed by atoms with E-state index >= 15 is 0 Å². The van der Waals surface area contributed by atoms with Crippen molar-refractivity contribution in [3.63, 3.8) is 0 Å². The molecule has 0 spiro atoms. The van der Waals surface area contributed by atoms with Gasteiger partial charge in [-0.05, 0) is 25.2 Å². The van der Waals surface area contributed by atoms with E-state index in [0.29, 0.717) is 6.04 Å². The standard InChI is InChI=1S/C12H21NO2/c1-10-4-3-5-11(7-6-10)13-9-8-12(14)15-2/h8-11,13H,3-7H2,1-2H3/b9-8+. The van der Waals surface area contributed by atoms with E-state index in [2.05, 4.69) is 17.0 Å². The summed E-state index contributed by atoms with van der Waals surface area (Å²) in [6.45, 7) is 2.31. The van der Waals surface area contributed by atoms with Crippen molar-refractivity contribution in [3.8, 4) is 0 Å². The number of nitrogens with one attached hydrogen (secondary N) is 1. The fraction of sp³-hybridized carbons (Fsp3) is 0.750. The van der Waals surface area contributed by atoms with Gasteiger partial charge in [-0.1, -0.05) is 19.8 Å². The van der Waals surface area contributed by atoms with Crippen LogP contribution in [0.4, 0.5) is 0 Å². The van der Waals surface area contributed by atoms with Crippen molar-refractivity contribution < 1.29 is 9.53 Å². The first-order chi connectivity index (χ1) is 7.22. The Balaban J connectivity index is 2.26. The third kappa shape index (κ3) is 4.86. The molecule has 0 amide bonds. The number of carbonyl (C=O) groups is 1. The number of hydrogen-bond acceptors (Lipinski definition) is 3. The maximum atomic E-state index is 10.8. The molecule has 0 radical (unpaired) electrons. The number of methoxy groups -OCH3 is 1. The van der Waals surface area contributed by atoms with Gasteiger partial charge in [0.15, 0.2) is 0 Å². The summed E-state index contributed by atoms with van der Waals surface area (Å²) in [7, 11) is 1.39. The first-order valence-corrected chi connectivity index (χ1v) is 5.73. The number of ether oxygens (including phenoxy) is 1. The van der Waals surface area contributed by atoms with Crippen molar-refractivity contribution in [1.82, 2.24) is 5.32 Å². The van der Waals surface area contributed by atoms with Crippen molar-refractivity contribution in [1.29, 1.82) is 0 Å². The average molecular weight is 211 g/mol. The minimum absolute atomic E-state index is 0.301. The van der Waals surface area contributed by atoms with Gasteiger partial charge in [-0.15, -0.1) is 0 Å². The molecule has 2 unspecified atom stereocenters. The molecule has 0 aromatic rings. The van der Waals surface area contributed by atoms with Crippen LogP contribution in [0, 0.1) is 5.92 Å². The van der Waals surface area contributed by atoms with Gasteiger partial charge in [0.05, 0.1) is 7.11 Å². The molecule has 0 aliphatic heterocycles. The lowest BCUT2D eigenvalue weighted by Gasteiger charge is -2.13. The molecular formula is C12H21NO2. The third-order valence-corrected chi connectivity index (χ3v) is 3.01. The first kappa shape index (κ1) is 12.1. The Morgan fingerprint density at radius 3 is 2.87 bits per heavy atom. The summed E-state index contributed by atoms with van der Waals surface area (Å²) in [5, 5.41) is 3.27. The highest BCUT2D eigenvalue weighted by molar-refractivity contribution is 5.81. The Bertz CT molecular complexity index is 226. The summed E-state index contributed by atoms with van der Waals surface area (Å²) in [5.74, 6) is 0.547. The highest BCUT2D eigenvalue weighted by Gasteiger charge is 2.14. The van der Waals surface area contributed by atoms with Crippen LogP contribution in [-0.4, -0.2) is 19.1 Å². The predicted molar refractivity (Wildman–Crippen MR) is 60.3 cm³/mol. The Morgan fingerprint density at radius 1 is 1.33 bits per heavy atom. The molecule has 1 fully saturated rings. The fourth-order valence-electron chi connectivity index (χ4n) is 1.97. The summed E-state index contributed by atoms with van der Waals surface area (Å²) in [6, 6.07) is 0.524. The van der Waals surface area contributed by atoms with Gasteiger partial charge in [0.1, 0.15) is 0 Å². The molecule has 0 aromatic carbocycles. The number of esters is 1. The molecule has 1 rings (SSSR count). The fourth-order valence-corrected chi connectivity index (χ4v) is 1.97. The van der Waals surface area contributed by atoms with E-state index in [1.807, 2.05) is 0 Å². The molecule has 86 valence electrons. The molecule has 3 heteroatoms. The predicted octanol–water partition coefficient (Wildman–Crippen LogP) is 2.23. The van der Waals surface area contributed by atoms with E-state index in [4.69, 9.17) is 0 Å². The van der Waals surface area contributed by atoms with Gasteiger partial charge in [0, 0.05) is 18.3 Å². The zero-order valence-corrected chi connectivity index (χ0v) is 9.66. The Hall–Kier alpha value is -0.990. The van der Waals surface area contributed by atoms with E-state index in [9.17, 15) is 4.79 Å². The summed E-state index contributed by atoms with van der Waals surface area (Å²) in [5.41, 5.74) is 0. The van der Waals surface area contributed by atoms with Crippen LogP contribution in [0.1, 0.15) is 39.0 Å². The van der Waals surface area contributed by atoms with Crippen molar-refractivity contribution in [2.24, 2.45) is 5.92 Å². The second-order valence-electron chi connectivity index (χ2n) is 4.33. The largest absolute Gasteiger partial charge is 0.466 e. The van der Waals surface area contributed by atoms with Gasteiger partial charge in [-0.25, -0.2) is 4.79 Å². The summed E-state index contributed by atoms with van der Waals surface area (Å²) in [6.07, 6.45) is 9.46. The lowest BCUT2D eigenvalue weighted by molar-refractivity contribution is -0.134. The Kier molecular flexibility index (Phi) is 5.22. The molecule has 1 aliphatic rings. The zero-order chi connectivity index (χ0) is 11.1. The van der Waals surface area contributed by atoms with E-state index < -0.39 is 0 Å². The highest BCUT2D eigenvalue weighted by atomic mass is 16.5. The monoisotopic (exact) mass is 211 g/mol. The second kappa shape index (κ2) is 6.49. The van der Waals surface area contributed by atoms with E-state index in [0.717, 1.165) is 5.92 Å². The first-order valence-electron chi connectivity index (χ1n) is 5.73. The van der Waals surface area contributed by atoms with Gasteiger partial charge in [-0.3, -0.25) is 0 Å². The van der Waals surface area contributed by atoms with Crippen molar-refractivity contribution in [2.75, 3.05) is 7.11 Å². The highest BCUT2D eigenvalue weighted by Crippen LogP contribution is 2.22. The minimum Gasteiger partial charge on any atom is -0.466 e. The normalized spacial score (nSPS) is 27.3. The van der Waals surface area contributed by atoms with Gasteiger partial charge < -0.3 is 10.1 Å². The van der Waals surface area contributed by atoms with E-state index in [-0.39, 0.29) is 5.97 Å². The van der Waals surface area contributed by atoms with Crippen LogP contribution >= 0.6 is 0 Å². The zero-order valence-electron chi connectivity index (χ0n) is 9.66. The number of rotatable bonds is 3. The number of hydrogen-bond donors (Lipinski definition) is 1. The van der Waals surface area contributed by atoms with Crippen molar-refractivity contribution in [3.05, 3.63) is 12.3 Å². The van der Waals surface area contributed by atoms with Crippen LogP contribution in [0.5, 0.6) is 0 Å². The van der Waals surface area contributed by atoms with Crippen LogP contribution in [0.25, 0.3) is 0 Å². The summed E-state index contributed by atoms with van der Waals surface area (Å²) >= 11 is 0. The van der Waals surface area contributed by atoms with Gasteiger partial charge >= 0.3 is 5.97 Å². The van der Waals surface area contributed by atoms with Gasteiger partial charge in [0.2, 0.25) is 0 Å². The summed E-state index contributed by atoms with van der Waals surface area (Å²) < 4.78 is 4.52.